The van der Waals surface area contributed by atoms with E-state index in [0.717, 1.165) is 19.6 Å². The van der Waals surface area contributed by atoms with E-state index in [1.54, 1.807) is 0 Å². The Labute approximate surface area is 104 Å². The molecular weight excluding hydrogens is 210 g/mol. The van der Waals surface area contributed by atoms with Crippen molar-refractivity contribution >= 4 is 0 Å². The van der Waals surface area contributed by atoms with Crippen LogP contribution in [0.1, 0.15) is 43.4 Å². The molecule has 0 bridgehead atoms. The summed E-state index contributed by atoms with van der Waals surface area (Å²) in [7, 11) is 0. The molecule has 1 heterocycles. The zero-order valence-electron chi connectivity index (χ0n) is 10.9. The summed E-state index contributed by atoms with van der Waals surface area (Å²) in [5.41, 5.74) is 2.77. The number of nitrogens with one attached hydrogen (secondary N) is 1. The van der Waals surface area contributed by atoms with Crippen molar-refractivity contribution in [3.8, 4) is 0 Å². The Bertz CT molecular complexity index is 345. The molecule has 1 aromatic rings. The van der Waals surface area contributed by atoms with Gasteiger partial charge in [0.15, 0.2) is 0 Å². The summed E-state index contributed by atoms with van der Waals surface area (Å²) in [6.07, 6.45) is 4.10. The van der Waals surface area contributed by atoms with Gasteiger partial charge in [-0.25, -0.2) is 0 Å². The molecule has 0 aliphatic carbocycles. The molecule has 94 valence electrons. The first-order chi connectivity index (χ1) is 8.27. The van der Waals surface area contributed by atoms with Crippen LogP contribution in [-0.2, 0) is 4.74 Å². The predicted molar refractivity (Wildman–Crippen MR) is 71.2 cm³/mol. The molecule has 1 N–H and O–H groups in total. The molecule has 0 spiro atoms. The third kappa shape index (κ3) is 3.55. The lowest BCUT2D eigenvalue weighted by Gasteiger charge is -2.17. The second kappa shape index (κ2) is 6.18. The first-order valence-corrected chi connectivity index (χ1v) is 6.68. The molecule has 0 saturated carbocycles. The third-order valence-corrected chi connectivity index (χ3v) is 3.60. The minimum absolute atomic E-state index is 0.428. The lowest BCUT2D eigenvalue weighted by atomic mass is 10.0. The maximum atomic E-state index is 5.62. The van der Waals surface area contributed by atoms with Gasteiger partial charge in [0.1, 0.15) is 0 Å². The van der Waals surface area contributed by atoms with Crippen LogP contribution in [0.4, 0.5) is 0 Å². The van der Waals surface area contributed by atoms with Crippen LogP contribution in [0.25, 0.3) is 0 Å². The zero-order valence-corrected chi connectivity index (χ0v) is 10.9. The number of hydrogen-bond acceptors (Lipinski definition) is 2. The van der Waals surface area contributed by atoms with Crippen molar-refractivity contribution in [3.63, 3.8) is 0 Å². The van der Waals surface area contributed by atoms with Gasteiger partial charge in [-0.1, -0.05) is 24.3 Å². The van der Waals surface area contributed by atoms with Crippen molar-refractivity contribution in [1.82, 2.24) is 5.32 Å². The maximum absolute atomic E-state index is 5.62. The van der Waals surface area contributed by atoms with E-state index in [-0.39, 0.29) is 0 Å². The van der Waals surface area contributed by atoms with Crippen LogP contribution in [0.5, 0.6) is 0 Å². The summed E-state index contributed by atoms with van der Waals surface area (Å²) in [6, 6.07) is 9.02. The van der Waals surface area contributed by atoms with Crippen LogP contribution in [0, 0.1) is 6.92 Å². The molecule has 0 radical (unpaired) electrons. The summed E-state index contributed by atoms with van der Waals surface area (Å²) in [5.74, 6) is 0. The minimum atomic E-state index is 0.428. The van der Waals surface area contributed by atoms with E-state index >= 15 is 0 Å². The Morgan fingerprint density at radius 3 is 2.94 bits per heavy atom. The van der Waals surface area contributed by atoms with Crippen molar-refractivity contribution in [1.29, 1.82) is 0 Å². The second-order valence-corrected chi connectivity index (χ2v) is 4.96. The summed E-state index contributed by atoms with van der Waals surface area (Å²) < 4.78 is 5.62. The number of rotatable bonds is 5. The van der Waals surface area contributed by atoms with Gasteiger partial charge in [0.05, 0.1) is 6.10 Å². The Balaban J connectivity index is 1.77. The molecule has 0 amide bonds. The van der Waals surface area contributed by atoms with Gasteiger partial charge in [0.25, 0.3) is 0 Å². The smallest absolute Gasteiger partial charge is 0.0588 e. The molecule has 1 aliphatic rings. The lowest BCUT2D eigenvalue weighted by molar-refractivity contribution is 0.103. The van der Waals surface area contributed by atoms with Crippen molar-refractivity contribution in [3.05, 3.63) is 35.4 Å². The topological polar surface area (TPSA) is 21.3 Å². The average Bonchev–Trinajstić information content (AvgIpc) is 2.82. The van der Waals surface area contributed by atoms with E-state index < -0.39 is 0 Å². The highest BCUT2D eigenvalue weighted by molar-refractivity contribution is 5.28. The molecule has 2 nitrogen and oxygen atoms in total. The van der Waals surface area contributed by atoms with Gasteiger partial charge in [0.2, 0.25) is 0 Å². The second-order valence-electron chi connectivity index (χ2n) is 4.96. The Kier molecular flexibility index (Phi) is 4.57. The SMILES string of the molecule is Cc1ccccc1[C@@H](C)NCCC1CCCO1. The summed E-state index contributed by atoms with van der Waals surface area (Å²) in [4.78, 5) is 0. The first-order valence-electron chi connectivity index (χ1n) is 6.68. The van der Waals surface area contributed by atoms with Gasteiger partial charge in [-0.2, -0.15) is 0 Å². The van der Waals surface area contributed by atoms with E-state index in [9.17, 15) is 0 Å². The predicted octanol–water partition coefficient (Wildman–Crippen LogP) is 3.21. The van der Waals surface area contributed by atoms with Gasteiger partial charge in [0, 0.05) is 12.6 Å². The van der Waals surface area contributed by atoms with Crippen LogP contribution in [-0.4, -0.2) is 19.3 Å². The normalized spacial score (nSPS) is 21.6. The van der Waals surface area contributed by atoms with Gasteiger partial charge >= 0.3 is 0 Å². The van der Waals surface area contributed by atoms with Crippen molar-refractivity contribution in [2.24, 2.45) is 0 Å². The van der Waals surface area contributed by atoms with Crippen LogP contribution < -0.4 is 5.32 Å². The zero-order chi connectivity index (χ0) is 12.1. The fourth-order valence-corrected chi connectivity index (χ4v) is 2.52. The van der Waals surface area contributed by atoms with Crippen LogP contribution in [0.3, 0.4) is 0 Å². The number of aryl methyl sites for hydroxylation is 1. The standard InChI is InChI=1S/C15H23NO/c1-12-6-3-4-8-15(12)13(2)16-10-9-14-7-5-11-17-14/h3-4,6,8,13-14,16H,5,7,9-11H2,1-2H3/t13-,14?/m1/s1. The molecule has 1 fully saturated rings. The molecule has 1 aliphatic heterocycles. The molecule has 1 saturated heterocycles. The summed E-state index contributed by atoms with van der Waals surface area (Å²) in [5, 5.41) is 3.59. The molecule has 1 aromatic carbocycles. The fourth-order valence-electron chi connectivity index (χ4n) is 2.52. The molecular formula is C15H23NO. The average molecular weight is 233 g/mol. The highest BCUT2D eigenvalue weighted by Crippen LogP contribution is 2.18. The number of benzene rings is 1. The molecule has 2 rings (SSSR count). The summed E-state index contributed by atoms with van der Waals surface area (Å²) >= 11 is 0. The summed E-state index contributed by atoms with van der Waals surface area (Å²) in [6.45, 7) is 6.41. The molecule has 17 heavy (non-hydrogen) atoms. The van der Waals surface area contributed by atoms with Crippen LogP contribution in [0.2, 0.25) is 0 Å². The van der Waals surface area contributed by atoms with Crippen LogP contribution in [0.15, 0.2) is 24.3 Å². The third-order valence-electron chi connectivity index (χ3n) is 3.60. The van der Waals surface area contributed by atoms with E-state index in [2.05, 4.69) is 43.4 Å². The van der Waals surface area contributed by atoms with Gasteiger partial charge in [-0.15, -0.1) is 0 Å². The Hall–Kier alpha value is -0.860. The fraction of sp³-hybridized carbons (Fsp3) is 0.600. The minimum Gasteiger partial charge on any atom is -0.378 e. The number of hydrogen-bond donors (Lipinski definition) is 1. The van der Waals surface area contributed by atoms with Crippen LogP contribution >= 0.6 is 0 Å². The largest absolute Gasteiger partial charge is 0.378 e. The van der Waals surface area contributed by atoms with E-state index in [1.165, 1.54) is 24.0 Å². The van der Waals surface area contributed by atoms with E-state index in [4.69, 9.17) is 4.74 Å². The van der Waals surface area contributed by atoms with Gasteiger partial charge < -0.3 is 10.1 Å². The van der Waals surface area contributed by atoms with Crippen molar-refractivity contribution in [2.45, 2.75) is 45.3 Å². The molecule has 2 heteroatoms. The Morgan fingerprint density at radius 1 is 1.41 bits per heavy atom. The lowest BCUT2D eigenvalue weighted by Crippen LogP contribution is -2.23. The van der Waals surface area contributed by atoms with E-state index in [1.807, 2.05) is 0 Å². The van der Waals surface area contributed by atoms with Crippen molar-refractivity contribution < 1.29 is 4.74 Å². The van der Waals surface area contributed by atoms with Gasteiger partial charge in [-0.05, 0) is 50.8 Å². The highest BCUT2D eigenvalue weighted by Gasteiger charge is 2.15. The van der Waals surface area contributed by atoms with Gasteiger partial charge in [-0.3, -0.25) is 0 Å². The highest BCUT2D eigenvalue weighted by atomic mass is 16.5. The molecule has 2 atom stereocenters. The number of ether oxygens (including phenoxy) is 1. The maximum Gasteiger partial charge on any atom is 0.0588 e. The van der Waals surface area contributed by atoms with Crippen molar-refractivity contribution in [2.75, 3.05) is 13.2 Å². The molecule has 0 aromatic heterocycles. The first kappa shape index (κ1) is 12.6. The Morgan fingerprint density at radius 2 is 2.24 bits per heavy atom. The molecule has 1 unspecified atom stereocenters. The quantitative estimate of drug-likeness (QED) is 0.843. The monoisotopic (exact) mass is 233 g/mol. The van der Waals surface area contributed by atoms with E-state index in [0.29, 0.717) is 12.1 Å².